The maximum absolute atomic E-state index is 12.5. The van der Waals surface area contributed by atoms with Crippen LogP contribution in [0, 0.1) is 10.1 Å². The number of nitro benzene ring substituents is 1. The van der Waals surface area contributed by atoms with Crippen molar-refractivity contribution in [2.75, 3.05) is 13.7 Å². The Kier molecular flexibility index (Phi) is 4.39. The number of nitro groups is 1. The highest BCUT2D eigenvalue weighted by molar-refractivity contribution is 9.10. The number of likely N-dealkylation sites (N-methyl/N-ethyl adjacent to an activating group) is 1. The van der Waals surface area contributed by atoms with Gasteiger partial charge in [0.25, 0.3) is 11.6 Å². The third kappa shape index (κ3) is 2.69. The fourth-order valence-corrected chi connectivity index (χ4v) is 2.97. The maximum Gasteiger partial charge on any atom is 0.284 e. The SMILES string of the molecule is CC1OCCC1N(C)C(=O)c1cccc([N+](=O)[O-])c1Br. The molecule has 0 bridgehead atoms. The third-order valence-corrected chi connectivity index (χ3v) is 4.39. The molecule has 2 atom stereocenters. The molecule has 0 aliphatic carbocycles. The molecule has 0 aromatic heterocycles. The number of amides is 1. The number of halogens is 1. The van der Waals surface area contributed by atoms with Crippen molar-refractivity contribution in [3.63, 3.8) is 0 Å². The molecule has 1 amide bonds. The van der Waals surface area contributed by atoms with Crippen molar-refractivity contribution in [2.45, 2.75) is 25.5 Å². The lowest BCUT2D eigenvalue weighted by atomic mass is 10.1. The first-order chi connectivity index (χ1) is 9.43. The molecule has 1 aromatic carbocycles. The van der Waals surface area contributed by atoms with Gasteiger partial charge in [0.05, 0.1) is 22.6 Å². The Morgan fingerprint density at radius 1 is 1.55 bits per heavy atom. The van der Waals surface area contributed by atoms with E-state index >= 15 is 0 Å². The molecule has 0 N–H and O–H groups in total. The minimum Gasteiger partial charge on any atom is -0.376 e. The van der Waals surface area contributed by atoms with Crippen molar-refractivity contribution in [3.05, 3.63) is 38.3 Å². The number of hydrogen-bond acceptors (Lipinski definition) is 4. The second-order valence-corrected chi connectivity index (χ2v) is 5.54. The van der Waals surface area contributed by atoms with Gasteiger partial charge in [-0.3, -0.25) is 14.9 Å². The Morgan fingerprint density at radius 2 is 2.25 bits per heavy atom. The molecule has 1 aliphatic rings. The second kappa shape index (κ2) is 5.88. The van der Waals surface area contributed by atoms with Crippen LogP contribution in [0.4, 0.5) is 5.69 Å². The summed E-state index contributed by atoms with van der Waals surface area (Å²) in [5, 5.41) is 10.9. The molecule has 1 aliphatic heterocycles. The number of carbonyl (C=O) groups is 1. The lowest BCUT2D eigenvalue weighted by molar-refractivity contribution is -0.385. The van der Waals surface area contributed by atoms with E-state index in [1.165, 1.54) is 12.1 Å². The van der Waals surface area contributed by atoms with Crippen molar-refractivity contribution in [3.8, 4) is 0 Å². The van der Waals surface area contributed by atoms with Crippen LogP contribution in [-0.2, 0) is 4.74 Å². The average Bonchev–Trinajstić information content (AvgIpc) is 2.83. The molecule has 108 valence electrons. The van der Waals surface area contributed by atoms with Gasteiger partial charge in [-0.1, -0.05) is 6.07 Å². The lowest BCUT2D eigenvalue weighted by Crippen LogP contribution is -2.41. The van der Waals surface area contributed by atoms with Gasteiger partial charge in [-0.25, -0.2) is 0 Å². The molecular formula is C13H15BrN2O4. The van der Waals surface area contributed by atoms with Crippen LogP contribution in [0.1, 0.15) is 23.7 Å². The standard InChI is InChI=1S/C13H15BrN2O4/c1-8-10(6-7-20-8)15(2)13(17)9-4-3-5-11(12(9)14)16(18)19/h3-5,8,10H,6-7H2,1-2H3. The molecular weight excluding hydrogens is 328 g/mol. The summed E-state index contributed by atoms with van der Waals surface area (Å²) in [6.45, 7) is 2.55. The van der Waals surface area contributed by atoms with E-state index in [1.807, 2.05) is 6.92 Å². The zero-order valence-electron chi connectivity index (χ0n) is 11.2. The van der Waals surface area contributed by atoms with Crippen LogP contribution in [0.2, 0.25) is 0 Å². The highest BCUT2D eigenvalue weighted by atomic mass is 79.9. The number of ether oxygens (including phenoxy) is 1. The second-order valence-electron chi connectivity index (χ2n) is 4.74. The van der Waals surface area contributed by atoms with Gasteiger partial charge in [0, 0.05) is 19.7 Å². The summed E-state index contributed by atoms with van der Waals surface area (Å²) in [4.78, 5) is 24.5. The highest BCUT2D eigenvalue weighted by Crippen LogP contribution is 2.30. The van der Waals surface area contributed by atoms with Gasteiger partial charge in [-0.05, 0) is 35.3 Å². The monoisotopic (exact) mass is 342 g/mol. The largest absolute Gasteiger partial charge is 0.376 e. The first-order valence-corrected chi connectivity index (χ1v) is 7.04. The summed E-state index contributed by atoms with van der Waals surface area (Å²) in [6.07, 6.45) is 0.747. The van der Waals surface area contributed by atoms with Crippen LogP contribution in [0.15, 0.2) is 22.7 Å². The van der Waals surface area contributed by atoms with Crippen LogP contribution in [0.5, 0.6) is 0 Å². The first-order valence-electron chi connectivity index (χ1n) is 6.25. The molecule has 1 aromatic rings. The molecule has 1 fully saturated rings. The quantitative estimate of drug-likeness (QED) is 0.625. The topological polar surface area (TPSA) is 72.7 Å². The van der Waals surface area contributed by atoms with Crippen LogP contribution in [0.3, 0.4) is 0 Å². The van der Waals surface area contributed by atoms with Gasteiger partial charge in [0.15, 0.2) is 0 Å². The molecule has 6 nitrogen and oxygen atoms in total. The van der Waals surface area contributed by atoms with E-state index in [1.54, 1.807) is 18.0 Å². The van der Waals surface area contributed by atoms with Crippen LogP contribution in [-0.4, -0.2) is 41.5 Å². The van der Waals surface area contributed by atoms with Crippen molar-refractivity contribution in [2.24, 2.45) is 0 Å². The normalized spacial score (nSPS) is 21.8. The summed E-state index contributed by atoms with van der Waals surface area (Å²) in [5.74, 6) is -0.247. The molecule has 0 radical (unpaired) electrons. The van der Waals surface area contributed by atoms with Gasteiger partial charge < -0.3 is 9.64 Å². The summed E-state index contributed by atoms with van der Waals surface area (Å²) >= 11 is 3.15. The van der Waals surface area contributed by atoms with E-state index in [9.17, 15) is 14.9 Å². The van der Waals surface area contributed by atoms with E-state index in [4.69, 9.17) is 4.74 Å². The zero-order valence-corrected chi connectivity index (χ0v) is 12.8. The van der Waals surface area contributed by atoms with E-state index in [-0.39, 0.29) is 28.2 Å². The smallest absolute Gasteiger partial charge is 0.284 e. The number of hydrogen-bond donors (Lipinski definition) is 0. The van der Waals surface area contributed by atoms with Crippen molar-refractivity contribution in [1.29, 1.82) is 0 Å². The summed E-state index contributed by atoms with van der Waals surface area (Å²) in [6, 6.07) is 4.45. The Labute approximate surface area is 125 Å². The first kappa shape index (κ1) is 14.9. The predicted octanol–water partition coefficient (Wildman–Crippen LogP) is 2.61. The summed E-state index contributed by atoms with van der Waals surface area (Å²) in [7, 11) is 1.70. The van der Waals surface area contributed by atoms with Gasteiger partial charge in [0.2, 0.25) is 0 Å². The molecule has 7 heteroatoms. The van der Waals surface area contributed by atoms with Crippen LogP contribution >= 0.6 is 15.9 Å². The minimum atomic E-state index is -0.512. The van der Waals surface area contributed by atoms with Crippen molar-refractivity contribution < 1.29 is 14.5 Å². The van der Waals surface area contributed by atoms with Gasteiger partial charge in [-0.15, -0.1) is 0 Å². The van der Waals surface area contributed by atoms with Crippen LogP contribution < -0.4 is 0 Å². The molecule has 0 spiro atoms. The highest BCUT2D eigenvalue weighted by Gasteiger charge is 2.32. The van der Waals surface area contributed by atoms with Crippen molar-refractivity contribution in [1.82, 2.24) is 4.90 Å². The molecule has 0 saturated carbocycles. The average molecular weight is 343 g/mol. The summed E-state index contributed by atoms with van der Waals surface area (Å²) < 4.78 is 5.67. The Morgan fingerprint density at radius 3 is 2.80 bits per heavy atom. The third-order valence-electron chi connectivity index (χ3n) is 3.56. The fraction of sp³-hybridized carbons (Fsp3) is 0.462. The Hall–Kier alpha value is -1.47. The van der Waals surface area contributed by atoms with E-state index in [0.717, 1.165) is 6.42 Å². The predicted molar refractivity (Wildman–Crippen MR) is 76.7 cm³/mol. The van der Waals surface area contributed by atoms with Gasteiger partial charge >= 0.3 is 0 Å². The van der Waals surface area contributed by atoms with E-state index in [2.05, 4.69) is 15.9 Å². The minimum absolute atomic E-state index is 0.00587. The van der Waals surface area contributed by atoms with E-state index in [0.29, 0.717) is 12.2 Å². The van der Waals surface area contributed by atoms with Gasteiger partial charge in [-0.2, -0.15) is 0 Å². The molecule has 2 unspecified atom stereocenters. The molecule has 20 heavy (non-hydrogen) atoms. The number of carbonyl (C=O) groups excluding carboxylic acids is 1. The van der Waals surface area contributed by atoms with Crippen LogP contribution in [0.25, 0.3) is 0 Å². The molecule has 1 heterocycles. The number of rotatable bonds is 3. The Bertz CT molecular complexity index is 549. The summed E-state index contributed by atoms with van der Waals surface area (Å²) in [5.41, 5.74) is 0.181. The zero-order chi connectivity index (χ0) is 14.9. The van der Waals surface area contributed by atoms with Crippen molar-refractivity contribution >= 4 is 27.5 Å². The lowest BCUT2D eigenvalue weighted by Gasteiger charge is -2.27. The number of nitrogens with zero attached hydrogens (tertiary/aromatic N) is 2. The fourth-order valence-electron chi connectivity index (χ4n) is 2.40. The molecule has 2 rings (SSSR count). The van der Waals surface area contributed by atoms with Gasteiger partial charge in [0.1, 0.15) is 4.47 Å². The number of benzene rings is 1. The van der Waals surface area contributed by atoms with E-state index < -0.39 is 4.92 Å². The maximum atomic E-state index is 12.5. The molecule has 1 saturated heterocycles. The Balaban J connectivity index is 2.29.